The molecule has 0 atom stereocenters. The van der Waals surface area contributed by atoms with E-state index in [1.165, 1.54) is 0 Å². The average Bonchev–Trinajstić information content (AvgIpc) is 2.56. The van der Waals surface area contributed by atoms with Crippen LogP contribution in [0.4, 0.5) is 0 Å². The van der Waals surface area contributed by atoms with Crippen LogP contribution in [0, 0.1) is 0 Å². The number of benzene rings is 1. The summed E-state index contributed by atoms with van der Waals surface area (Å²) < 4.78 is 17.7. The molecule has 0 saturated heterocycles. The Bertz CT molecular complexity index is 465. The third-order valence-corrected chi connectivity index (χ3v) is 3.68. The molecule has 136 valence electrons. The first-order valence-electron chi connectivity index (χ1n) is 9.21. The minimum absolute atomic E-state index is 0.00390. The summed E-state index contributed by atoms with van der Waals surface area (Å²) in [5.74, 6) is 1.84. The molecule has 0 fully saturated rings. The molecule has 0 aromatic heterocycles. The van der Waals surface area contributed by atoms with Crippen LogP contribution in [0.2, 0.25) is 0 Å². The van der Waals surface area contributed by atoms with Crippen molar-refractivity contribution in [2.75, 3.05) is 19.8 Å². The lowest BCUT2D eigenvalue weighted by atomic mass is 10.1. The summed E-state index contributed by atoms with van der Waals surface area (Å²) in [7, 11) is 0. The van der Waals surface area contributed by atoms with Gasteiger partial charge in [0.05, 0.1) is 19.8 Å². The minimum atomic E-state index is -0.00390. The lowest BCUT2D eigenvalue weighted by Gasteiger charge is -2.18. The Labute approximate surface area is 146 Å². The molecule has 0 N–H and O–H groups in total. The summed E-state index contributed by atoms with van der Waals surface area (Å²) >= 11 is 0. The van der Waals surface area contributed by atoms with E-state index in [9.17, 15) is 4.79 Å². The molecule has 0 amide bonds. The van der Waals surface area contributed by atoms with Gasteiger partial charge >= 0.3 is 0 Å². The van der Waals surface area contributed by atoms with Gasteiger partial charge in [-0.25, -0.2) is 0 Å². The zero-order chi connectivity index (χ0) is 17.8. The van der Waals surface area contributed by atoms with E-state index in [2.05, 4.69) is 20.8 Å². The standard InChI is InChI=1S/C20H32O4/c1-5-8-11-22-18-14-17(16(4)21)15-19(23-12-9-6-2)20(18)24-13-10-7-3/h14-15H,5-13H2,1-4H3. The van der Waals surface area contributed by atoms with Gasteiger partial charge in [0.2, 0.25) is 5.75 Å². The molecule has 0 unspecified atom stereocenters. The van der Waals surface area contributed by atoms with Crippen molar-refractivity contribution < 1.29 is 19.0 Å². The van der Waals surface area contributed by atoms with Crippen molar-refractivity contribution in [2.45, 2.75) is 66.2 Å². The molecular weight excluding hydrogens is 304 g/mol. The summed E-state index contributed by atoms with van der Waals surface area (Å²) in [4.78, 5) is 11.8. The van der Waals surface area contributed by atoms with Crippen molar-refractivity contribution in [3.8, 4) is 17.2 Å². The first-order chi connectivity index (χ1) is 11.6. The fourth-order valence-corrected chi connectivity index (χ4v) is 2.11. The van der Waals surface area contributed by atoms with Crippen LogP contribution >= 0.6 is 0 Å². The monoisotopic (exact) mass is 336 g/mol. The number of Topliss-reactive ketones (excluding diaryl/α,β-unsaturated/α-hetero) is 1. The normalized spacial score (nSPS) is 10.5. The van der Waals surface area contributed by atoms with Gasteiger partial charge in [-0.15, -0.1) is 0 Å². The number of hydrogen-bond donors (Lipinski definition) is 0. The molecular formula is C20H32O4. The number of carbonyl (C=O) groups is 1. The van der Waals surface area contributed by atoms with Crippen LogP contribution in [0.25, 0.3) is 0 Å². The number of ketones is 1. The Morgan fingerprint density at radius 2 is 1.21 bits per heavy atom. The van der Waals surface area contributed by atoms with Gasteiger partial charge < -0.3 is 14.2 Å². The molecule has 4 heteroatoms. The Morgan fingerprint density at radius 3 is 1.58 bits per heavy atom. The zero-order valence-corrected chi connectivity index (χ0v) is 15.7. The van der Waals surface area contributed by atoms with Crippen LogP contribution in [0.5, 0.6) is 17.2 Å². The Morgan fingerprint density at radius 1 is 0.792 bits per heavy atom. The number of rotatable bonds is 13. The number of hydrogen-bond acceptors (Lipinski definition) is 4. The van der Waals surface area contributed by atoms with E-state index in [4.69, 9.17) is 14.2 Å². The van der Waals surface area contributed by atoms with Crippen LogP contribution < -0.4 is 14.2 Å². The third-order valence-electron chi connectivity index (χ3n) is 3.68. The van der Waals surface area contributed by atoms with Gasteiger partial charge in [0.25, 0.3) is 0 Å². The number of carbonyl (C=O) groups excluding carboxylic acids is 1. The summed E-state index contributed by atoms with van der Waals surface area (Å²) in [5.41, 5.74) is 0.593. The van der Waals surface area contributed by atoms with Crippen molar-refractivity contribution in [1.29, 1.82) is 0 Å². The lowest BCUT2D eigenvalue weighted by Crippen LogP contribution is -2.07. The van der Waals surface area contributed by atoms with E-state index in [1.807, 2.05) is 0 Å². The fourth-order valence-electron chi connectivity index (χ4n) is 2.11. The molecule has 24 heavy (non-hydrogen) atoms. The van der Waals surface area contributed by atoms with Crippen molar-refractivity contribution >= 4 is 5.78 Å². The van der Waals surface area contributed by atoms with Gasteiger partial charge in [-0.05, 0) is 38.3 Å². The second-order valence-electron chi connectivity index (χ2n) is 5.96. The summed E-state index contributed by atoms with van der Waals surface area (Å²) in [6, 6.07) is 3.54. The molecule has 1 aromatic rings. The quantitative estimate of drug-likeness (QED) is 0.356. The molecule has 1 aromatic carbocycles. The van der Waals surface area contributed by atoms with Crippen molar-refractivity contribution in [1.82, 2.24) is 0 Å². The van der Waals surface area contributed by atoms with Gasteiger partial charge in [0.15, 0.2) is 17.3 Å². The average molecular weight is 336 g/mol. The number of unbranched alkanes of at least 4 members (excludes halogenated alkanes) is 3. The second kappa shape index (κ2) is 11.8. The van der Waals surface area contributed by atoms with Crippen LogP contribution in [0.3, 0.4) is 0 Å². The fraction of sp³-hybridized carbons (Fsp3) is 0.650. The van der Waals surface area contributed by atoms with Gasteiger partial charge in [-0.3, -0.25) is 4.79 Å². The van der Waals surface area contributed by atoms with Gasteiger partial charge in [-0.1, -0.05) is 40.0 Å². The zero-order valence-electron chi connectivity index (χ0n) is 15.7. The molecule has 0 saturated carbocycles. The van der Waals surface area contributed by atoms with Crippen LogP contribution in [0.15, 0.2) is 12.1 Å². The Hall–Kier alpha value is -1.71. The molecule has 0 spiro atoms. The SMILES string of the molecule is CCCCOc1cc(C(C)=O)cc(OCCCC)c1OCCCC. The number of ether oxygens (including phenoxy) is 3. The van der Waals surface area contributed by atoms with Crippen LogP contribution in [-0.4, -0.2) is 25.6 Å². The highest BCUT2D eigenvalue weighted by molar-refractivity contribution is 5.95. The smallest absolute Gasteiger partial charge is 0.203 e. The second-order valence-corrected chi connectivity index (χ2v) is 5.96. The van der Waals surface area contributed by atoms with Crippen molar-refractivity contribution in [3.05, 3.63) is 17.7 Å². The van der Waals surface area contributed by atoms with Crippen LogP contribution in [-0.2, 0) is 0 Å². The first-order valence-corrected chi connectivity index (χ1v) is 9.21. The highest BCUT2D eigenvalue weighted by atomic mass is 16.5. The molecule has 4 nitrogen and oxygen atoms in total. The van der Waals surface area contributed by atoms with E-state index in [-0.39, 0.29) is 5.78 Å². The van der Waals surface area contributed by atoms with E-state index in [1.54, 1.807) is 19.1 Å². The van der Waals surface area contributed by atoms with E-state index in [0.29, 0.717) is 42.6 Å². The summed E-state index contributed by atoms with van der Waals surface area (Å²) in [6.45, 7) is 9.75. The highest BCUT2D eigenvalue weighted by Gasteiger charge is 2.17. The molecule has 0 radical (unpaired) electrons. The molecule has 0 aliphatic heterocycles. The Kier molecular flexibility index (Phi) is 9.97. The third kappa shape index (κ3) is 6.81. The molecule has 1 rings (SSSR count). The van der Waals surface area contributed by atoms with Gasteiger partial charge in [-0.2, -0.15) is 0 Å². The maximum absolute atomic E-state index is 11.8. The largest absolute Gasteiger partial charge is 0.490 e. The van der Waals surface area contributed by atoms with E-state index < -0.39 is 0 Å². The Balaban J connectivity index is 3.08. The van der Waals surface area contributed by atoms with Gasteiger partial charge in [0.1, 0.15) is 0 Å². The summed E-state index contributed by atoms with van der Waals surface area (Å²) in [5, 5.41) is 0. The topological polar surface area (TPSA) is 44.8 Å². The van der Waals surface area contributed by atoms with Crippen molar-refractivity contribution in [3.63, 3.8) is 0 Å². The van der Waals surface area contributed by atoms with Crippen LogP contribution in [0.1, 0.15) is 76.6 Å². The predicted molar refractivity (Wildman–Crippen MR) is 97.7 cm³/mol. The maximum Gasteiger partial charge on any atom is 0.203 e. The molecule has 0 bridgehead atoms. The highest BCUT2D eigenvalue weighted by Crippen LogP contribution is 2.39. The minimum Gasteiger partial charge on any atom is -0.490 e. The first kappa shape index (κ1) is 20.3. The molecule has 0 aliphatic carbocycles. The predicted octanol–water partition coefficient (Wildman–Crippen LogP) is 5.43. The van der Waals surface area contributed by atoms with E-state index in [0.717, 1.165) is 38.5 Å². The molecule has 0 heterocycles. The summed E-state index contributed by atoms with van der Waals surface area (Å²) in [6.07, 6.45) is 6.06. The van der Waals surface area contributed by atoms with Gasteiger partial charge in [0, 0.05) is 5.56 Å². The molecule has 0 aliphatic rings. The van der Waals surface area contributed by atoms with E-state index >= 15 is 0 Å². The maximum atomic E-state index is 11.8. The lowest BCUT2D eigenvalue weighted by molar-refractivity contribution is 0.101. The van der Waals surface area contributed by atoms with Crippen molar-refractivity contribution in [2.24, 2.45) is 0 Å².